The zero-order valence-electron chi connectivity index (χ0n) is 2.39. The summed E-state index contributed by atoms with van der Waals surface area (Å²) < 4.78 is 9.69. The van der Waals surface area contributed by atoms with Gasteiger partial charge in [-0.15, -0.1) is 0 Å². The minimum absolute atomic E-state index is 0.151. The van der Waals surface area contributed by atoms with Gasteiger partial charge in [0.15, 0.2) is 0 Å². The Morgan fingerprint density at radius 1 is 2.00 bits per heavy atom. The molecule has 0 rings (SSSR count). The van der Waals surface area contributed by atoms with Gasteiger partial charge in [-0.1, -0.05) is 16.2 Å². The summed E-state index contributed by atoms with van der Waals surface area (Å²) in [5.41, 5.74) is 0.151. The summed E-state index contributed by atoms with van der Waals surface area (Å²) in [6, 6.07) is 0. The van der Waals surface area contributed by atoms with E-state index in [4.69, 9.17) is 11.6 Å². The number of alkyl halides is 1. The topological polar surface area (TPSA) is 17.1 Å². The van der Waals surface area contributed by atoms with E-state index in [0.29, 0.717) is 0 Å². The molecule has 0 N–H and O–H groups in total. The van der Waals surface area contributed by atoms with Crippen molar-refractivity contribution in [2.24, 2.45) is 0 Å². The number of hydrogen-bond acceptors (Lipinski definition) is 1. The van der Waals surface area contributed by atoms with Gasteiger partial charge in [0, 0.05) is 0 Å². The van der Waals surface area contributed by atoms with Gasteiger partial charge in [0.1, 0.15) is 12.2 Å². The molecule has 4 heteroatoms. The maximum absolute atomic E-state index is 9.69. The van der Waals surface area contributed by atoms with Crippen molar-refractivity contribution in [1.82, 2.24) is 0 Å². The smallest absolute Gasteiger partial charge is 0.0688 e. The van der Waals surface area contributed by atoms with E-state index >= 15 is 0 Å². The molecule has 0 amide bonds. The molecule has 5 heavy (non-hydrogen) atoms. The predicted molar refractivity (Wildman–Crippen MR) is 27.3 cm³/mol. The molecular formula is CH3ClOPS+. The molecule has 0 heterocycles. The summed E-state index contributed by atoms with van der Waals surface area (Å²) >= 11 is 8.45. The molecule has 0 bridgehead atoms. The molecule has 1 nitrogen and oxygen atoms in total. The largest absolute Gasteiger partial charge is 0.423 e. The van der Waals surface area contributed by atoms with Crippen molar-refractivity contribution in [3.63, 3.8) is 0 Å². The molecule has 0 aliphatic rings. The standard InChI is InChI=1S/CH2ClOPS/c2-1-4(3)5/h1H2/p+1. The van der Waals surface area contributed by atoms with E-state index in [1.165, 1.54) is 0 Å². The first-order valence-corrected chi connectivity index (χ1v) is 4.10. The van der Waals surface area contributed by atoms with E-state index in [1.807, 2.05) is 0 Å². The third kappa shape index (κ3) is 4.74. The van der Waals surface area contributed by atoms with Gasteiger partial charge in [-0.2, -0.15) is 0 Å². The lowest BCUT2D eigenvalue weighted by Crippen LogP contribution is -1.40. The van der Waals surface area contributed by atoms with E-state index in [-0.39, 0.29) is 5.62 Å². The highest BCUT2D eigenvalue weighted by molar-refractivity contribution is 8.40. The Kier molecular flexibility index (Phi) is 3.39. The van der Waals surface area contributed by atoms with Gasteiger partial charge >= 0.3 is 7.00 Å². The molecule has 1 unspecified atom stereocenters. The van der Waals surface area contributed by atoms with Crippen LogP contribution in [0.3, 0.4) is 0 Å². The summed E-state index contributed by atoms with van der Waals surface area (Å²) in [6.07, 6.45) is 0. The Hall–Kier alpha value is 0.740. The first kappa shape index (κ1) is 5.74. The van der Waals surface area contributed by atoms with Crippen LogP contribution >= 0.6 is 30.9 Å². The zero-order valence-corrected chi connectivity index (χ0v) is 4.93. The molecule has 0 saturated heterocycles. The molecule has 0 aromatic rings. The quantitative estimate of drug-likeness (QED) is 0.325. The third-order valence-corrected chi connectivity index (χ3v) is 1.88. The molecule has 0 aromatic carbocycles. The minimum Gasteiger partial charge on any atom is -0.0688 e. The first-order valence-electron chi connectivity index (χ1n) is 0.966. The summed E-state index contributed by atoms with van der Waals surface area (Å²) in [6.45, 7) is 0. The fourth-order valence-corrected chi connectivity index (χ4v) is 0. The monoisotopic (exact) mass is 129 g/mol. The second-order valence-corrected chi connectivity index (χ2v) is 3.47. The molecular weight excluding hydrogens is 127 g/mol. The second kappa shape index (κ2) is 2.95. The van der Waals surface area contributed by atoms with Crippen molar-refractivity contribution in [3.05, 3.63) is 0 Å². The lowest BCUT2D eigenvalue weighted by atomic mass is 11.9. The van der Waals surface area contributed by atoms with Gasteiger partial charge < -0.3 is 0 Å². The van der Waals surface area contributed by atoms with Crippen LogP contribution in [0.25, 0.3) is 0 Å². The van der Waals surface area contributed by atoms with Gasteiger partial charge in [0.25, 0.3) is 0 Å². The highest BCUT2D eigenvalue weighted by Crippen LogP contribution is 2.25. The Bertz CT molecular complexity index is 46.9. The van der Waals surface area contributed by atoms with E-state index in [0.717, 1.165) is 0 Å². The molecule has 0 radical (unpaired) electrons. The van der Waals surface area contributed by atoms with Crippen LogP contribution in [0.4, 0.5) is 0 Å². The Labute approximate surface area is 41.7 Å². The zero-order chi connectivity index (χ0) is 4.28. The average Bonchev–Trinajstić information content (AvgIpc) is 1.38. The van der Waals surface area contributed by atoms with Crippen LogP contribution in [0, 0.1) is 0 Å². The van der Waals surface area contributed by atoms with E-state index in [1.54, 1.807) is 0 Å². The van der Waals surface area contributed by atoms with Gasteiger partial charge in [-0.3, -0.25) is 0 Å². The molecule has 0 fully saturated rings. The van der Waals surface area contributed by atoms with E-state index in [9.17, 15) is 4.57 Å². The van der Waals surface area contributed by atoms with Crippen LogP contribution < -0.4 is 0 Å². The van der Waals surface area contributed by atoms with Crippen molar-refractivity contribution in [3.8, 4) is 0 Å². The molecule has 0 spiro atoms. The Morgan fingerprint density at radius 3 is 2.20 bits per heavy atom. The maximum atomic E-state index is 9.69. The highest BCUT2D eigenvalue weighted by Gasteiger charge is 1.99. The van der Waals surface area contributed by atoms with Crippen LogP contribution in [0.1, 0.15) is 0 Å². The molecule has 0 aliphatic carbocycles. The summed E-state index contributed by atoms with van der Waals surface area (Å²) in [5.74, 6) is 0. The molecule has 0 aliphatic heterocycles. The van der Waals surface area contributed by atoms with Crippen molar-refractivity contribution in [2.75, 3.05) is 5.62 Å². The number of hydrogen-bond donors (Lipinski definition) is 1. The van der Waals surface area contributed by atoms with Gasteiger partial charge in [-0.25, -0.2) is 0 Å². The minimum atomic E-state index is -1.39. The fourth-order valence-electron chi connectivity index (χ4n) is 0. The Balaban J connectivity index is 2.85. The normalized spacial score (nSPS) is 11.2. The molecule has 1 atom stereocenters. The van der Waals surface area contributed by atoms with Gasteiger partial charge in [0.05, 0.1) is 0 Å². The van der Waals surface area contributed by atoms with E-state index in [2.05, 4.69) is 12.2 Å². The predicted octanol–water partition coefficient (Wildman–Crippen LogP) is 1.85. The summed E-state index contributed by atoms with van der Waals surface area (Å²) in [7, 11) is -1.39. The van der Waals surface area contributed by atoms with Crippen molar-refractivity contribution in [2.45, 2.75) is 0 Å². The maximum Gasteiger partial charge on any atom is 0.423 e. The van der Waals surface area contributed by atoms with E-state index < -0.39 is 7.00 Å². The first-order chi connectivity index (χ1) is 2.27. The fraction of sp³-hybridized carbons (Fsp3) is 1.00. The summed E-state index contributed by atoms with van der Waals surface area (Å²) in [5, 5.41) is 0. The second-order valence-electron chi connectivity index (χ2n) is 0.472. The molecule has 0 aromatic heterocycles. The van der Waals surface area contributed by atoms with Crippen molar-refractivity contribution < 1.29 is 4.57 Å². The number of halogens is 1. The van der Waals surface area contributed by atoms with Crippen LogP contribution in [-0.4, -0.2) is 5.62 Å². The highest BCUT2D eigenvalue weighted by atomic mass is 35.5. The number of thiol groups is 1. The lowest BCUT2D eigenvalue weighted by Gasteiger charge is -1.50. The van der Waals surface area contributed by atoms with Gasteiger partial charge in [-0.05, 0) is 0 Å². The lowest BCUT2D eigenvalue weighted by molar-refractivity contribution is 0.598. The molecule has 0 saturated carbocycles. The van der Waals surface area contributed by atoms with Gasteiger partial charge in [0.2, 0.25) is 5.62 Å². The summed E-state index contributed by atoms with van der Waals surface area (Å²) in [4.78, 5) is 0. The molecule has 30 valence electrons. The SMILES string of the molecule is O=[P+](S)CCl. The van der Waals surface area contributed by atoms with Crippen LogP contribution in [0.2, 0.25) is 0 Å². The van der Waals surface area contributed by atoms with Crippen molar-refractivity contribution in [1.29, 1.82) is 0 Å². The Morgan fingerprint density at radius 2 is 2.20 bits per heavy atom. The van der Waals surface area contributed by atoms with Crippen LogP contribution in [0.5, 0.6) is 0 Å². The average molecular weight is 130 g/mol. The number of rotatable bonds is 1. The van der Waals surface area contributed by atoms with Crippen LogP contribution in [-0.2, 0) is 4.57 Å². The van der Waals surface area contributed by atoms with Crippen LogP contribution in [0.15, 0.2) is 0 Å². The third-order valence-electron chi connectivity index (χ3n) is 0.102. The van der Waals surface area contributed by atoms with Crippen molar-refractivity contribution >= 4 is 30.9 Å².